The summed E-state index contributed by atoms with van der Waals surface area (Å²) in [7, 11) is 0. The molecular weight excluding hydrogens is 248 g/mol. The molecule has 0 aliphatic heterocycles. The van der Waals surface area contributed by atoms with E-state index >= 15 is 0 Å². The SMILES string of the molecule is O=[Se](CC(F)(F)F)c1ccccc1. The molecule has 5 heteroatoms. The summed E-state index contributed by atoms with van der Waals surface area (Å²) in [6.45, 7) is 0. The van der Waals surface area contributed by atoms with Crippen molar-refractivity contribution in [2.75, 3.05) is 0 Å². The monoisotopic (exact) mass is 256 g/mol. The Bertz CT molecular complexity index is 294. The van der Waals surface area contributed by atoms with Gasteiger partial charge in [0.15, 0.2) is 0 Å². The van der Waals surface area contributed by atoms with Crippen LogP contribution in [-0.2, 0) is 3.83 Å². The quantitative estimate of drug-likeness (QED) is 0.737. The number of hydrogen-bond acceptors (Lipinski definition) is 1. The predicted molar refractivity (Wildman–Crippen MR) is 43.4 cm³/mol. The molecular formula is C8H7F3OSe. The standard InChI is InChI=1S/C8H7F3OSe/c9-8(10,11)6-13(12)7-4-2-1-3-5-7/h1-5H,6H2. The third kappa shape index (κ3) is 3.70. The van der Waals surface area contributed by atoms with Gasteiger partial charge >= 0.3 is 77.1 Å². The summed E-state index contributed by atoms with van der Waals surface area (Å²) in [5.41, 5.74) is 0. The van der Waals surface area contributed by atoms with E-state index in [2.05, 4.69) is 0 Å². The average molecular weight is 255 g/mol. The molecule has 1 unspecified atom stereocenters. The molecule has 1 aromatic rings. The van der Waals surface area contributed by atoms with Crippen LogP contribution in [0.2, 0.25) is 5.32 Å². The summed E-state index contributed by atoms with van der Waals surface area (Å²) in [5, 5.41) is -1.18. The van der Waals surface area contributed by atoms with Gasteiger partial charge in [-0.3, -0.25) is 0 Å². The molecule has 1 rings (SSSR count). The van der Waals surface area contributed by atoms with Crippen molar-refractivity contribution in [1.29, 1.82) is 0 Å². The molecule has 1 aromatic carbocycles. The van der Waals surface area contributed by atoms with Gasteiger partial charge < -0.3 is 0 Å². The fraction of sp³-hybridized carbons (Fsp3) is 0.250. The van der Waals surface area contributed by atoms with E-state index < -0.39 is 25.3 Å². The van der Waals surface area contributed by atoms with Crippen molar-refractivity contribution >= 4 is 18.3 Å². The molecule has 0 saturated heterocycles. The van der Waals surface area contributed by atoms with Crippen LogP contribution in [0.3, 0.4) is 0 Å². The van der Waals surface area contributed by atoms with Crippen LogP contribution < -0.4 is 4.46 Å². The Morgan fingerprint density at radius 3 is 2.15 bits per heavy atom. The second-order valence-electron chi connectivity index (χ2n) is 2.42. The topological polar surface area (TPSA) is 17.1 Å². The Kier molecular flexibility index (Phi) is 3.22. The third-order valence-corrected chi connectivity index (χ3v) is 4.21. The Morgan fingerprint density at radius 2 is 1.69 bits per heavy atom. The van der Waals surface area contributed by atoms with Gasteiger partial charge in [0.25, 0.3) is 0 Å². The third-order valence-electron chi connectivity index (χ3n) is 1.30. The van der Waals surface area contributed by atoms with Crippen LogP contribution in [0.5, 0.6) is 0 Å². The van der Waals surface area contributed by atoms with Gasteiger partial charge in [0.1, 0.15) is 0 Å². The fourth-order valence-corrected chi connectivity index (χ4v) is 2.74. The summed E-state index contributed by atoms with van der Waals surface area (Å²) in [5.74, 6) is 0. The summed E-state index contributed by atoms with van der Waals surface area (Å²) < 4.78 is 46.9. The van der Waals surface area contributed by atoms with Crippen LogP contribution in [0.1, 0.15) is 0 Å². The van der Waals surface area contributed by atoms with E-state index in [1.165, 1.54) is 12.1 Å². The summed E-state index contributed by atoms with van der Waals surface area (Å²) >= 11 is -2.93. The number of halogens is 3. The molecule has 72 valence electrons. The van der Waals surface area contributed by atoms with Gasteiger partial charge in [0.05, 0.1) is 0 Å². The molecule has 0 radical (unpaired) electrons. The van der Waals surface area contributed by atoms with E-state index in [1.54, 1.807) is 18.2 Å². The molecule has 13 heavy (non-hydrogen) atoms. The van der Waals surface area contributed by atoms with Crippen molar-refractivity contribution in [2.24, 2.45) is 0 Å². The van der Waals surface area contributed by atoms with E-state index in [4.69, 9.17) is 0 Å². The van der Waals surface area contributed by atoms with E-state index in [0.717, 1.165) is 0 Å². The molecule has 0 N–H and O–H groups in total. The van der Waals surface area contributed by atoms with Crippen LogP contribution >= 0.6 is 0 Å². The number of benzene rings is 1. The average Bonchev–Trinajstić information content (AvgIpc) is 2.03. The van der Waals surface area contributed by atoms with Gasteiger partial charge in [0.2, 0.25) is 0 Å². The van der Waals surface area contributed by atoms with Crippen LogP contribution in [-0.4, -0.2) is 20.0 Å². The Labute approximate surface area is 77.7 Å². The van der Waals surface area contributed by atoms with Crippen LogP contribution in [0, 0.1) is 0 Å². The molecule has 0 bridgehead atoms. The van der Waals surface area contributed by atoms with Gasteiger partial charge in [-0.15, -0.1) is 0 Å². The van der Waals surface area contributed by atoms with Crippen molar-refractivity contribution in [3.8, 4) is 0 Å². The van der Waals surface area contributed by atoms with Gasteiger partial charge in [-0.2, -0.15) is 0 Å². The second kappa shape index (κ2) is 4.03. The normalized spacial score (nSPS) is 14.1. The molecule has 1 atom stereocenters. The minimum atomic E-state index is -4.33. The number of alkyl halides is 3. The number of hydrogen-bond donors (Lipinski definition) is 0. The number of rotatable bonds is 2. The first-order chi connectivity index (χ1) is 5.99. The molecule has 0 fully saturated rings. The van der Waals surface area contributed by atoms with Crippen LogP contribution in [0.25, 0.3) is 0 Å². The van der Waals surface area contributed by atoms with Gasteiger partial charge in [-0.05, 0) is 0 Å². The minimum absolute atomic E-state index is 0.305. The fourth-order valence-electron chi connectivity index (χ4n) is 0.804. The van der Waals surface area contributed by atoms with Crippen LogP contribution in [0.4, 0.5) is 13.2 Å². The first kappa shape index (κ1) is 10.4. The van der Waals surface area contributed by atoms with E-state index in [-0.39, 0.29) is 0 Å². The van der Waals surface area contributed by atoms with Gasteiger partial charge in [-0.1, -0.05) is 0 Å². The van der Waals surface area contributed by atoms with Crippen molar-refractivity contribution in [3.63, 3.8) is 0 Å². The first-order valence-corrected chi connectivity index (χ1v) is 6.26. The van der Waals surface area contributed by atoms with Gasteiger partial charge in [-0.25, -0.2) is 0 Å². The molecule has 0 amide bonds. The zero-order valence-electron chi connectivity index (χ0n) is 6.54. The van der Waals surface area contributed by atoms with Crippen molar-refractivity contribution < 1.29 is 17.0 Å². The maximum absolute atomic E-state index is 11.8. The summed E-state index contributed by atoms with van der Waals surface area (Å²) in [4.78, 5) is 0. The second-order valence-corrected chi connectivity index (χ2v) is 5.46. The molecule has 0 saturated carbocycles. The van der Waals surface area contributed by atoms with Crippen molar-refractivity contribution in [2.45, 2.75) is 11.5 Å². The molecule has 0 spiro atoms. The Balaban J connectivity index is 2.71. The molecule has 0 heterocycles. The van der Waals surface area contributed by atoms with Gasteiger partial charge in [0, 0.05) is 0 Å². The van der Waals surface area contributed by atoms with Crippen molar-refractivity contribution in [1.82, 2.24) is 0 Å². The van der Waals surface area contributed by atoms with E-state index in [0.29, 0.717) is 4.46 Å². The van der Waals surface area contributed by atoms with Crippen LogP contribution in [0.15, 0.2) is 30.3 Å². The Hall–Kier alpha value is -0.671. The van der Waals surface area contributed by atoms with Crippen molar-refractivity contribution in [3.05, 3.63) is 30.3 Å². The summed E-state index contributed by atoms with van der Waals surface area (Å²) in [6.07, 6.45) is -4.33. The maximum atomic E-state index is 11.8. The molecule has 0 aliphatic carbocycles. The predicted octanol–water partition coefficient (Wildman–Crippen LogP) is 1.88. The molecule has 1 nitrogen and oxygen atoms in total. The summed E-state index contributed by atoms with van der Waals surface area (Å²) in [6, 6.07) is 7.77. The molecule has 0 aliphatic rings. The Morgan fingerprint density at radius 1 is 1.15 bits per heavy atom. The zero-order valence-corrected chi connectivity index (χ0v) is 8.26. The first-order valence-electron chi connectivity index (χ1n) is 3.49. The van der Waals surface area contributed by atoms with E-state index in [1.807, 2.05) is 0 Å². The molecule has 0 aromatic heterocycles. The zero-order chi connectivity index (χ0) is 9.90. The van der Waals surface area contributed by atoms with E-state index in [9.17, 15) is 17.0 Å².